The van der Waals surface area contributed by atoms with Gasteiger partial charge in [-0.2, -0.15) is 5.26 Å². The van der Waals surface area contributed by atoms with Crippen molar-refractivity contribution in [3.8, 4) is 23.3 Å². The quantitative estimate of drug-likeness (QED) is 0.370. The van der Waals surface area contributed by atoms with Gasteiger partial charge in [-0.15, -0.1) is 0 Å². The van der Waals surface area contributed by atoms with Crippen molar-refractivity contribution in [2.45, 2.75) is 6.92 Å². The largest absolute Gasteiger partial charge is 0.495 e. The zero-order valence-corrected chi connectivity index (χ0v) is 16.9. The second-order valence-electron chi connectivity index (χ2n) is 5.71. The Hall–Kier alpha value is -3.57. The van der Waals surface area contributed by atoms with Gasteiger partial charge in [0.2, 0.25) is 0 Å². The number of benzene rings is 2. The van der Waals surface area contributed by atoms with E-state index >= 15 is 0 Å². The maximum Gasteiger partial charge on any atom is 0.262 e. The van der Waals surface area contributed by atoms with Gasteiger partial charge in [-0.3, -0.25) is 4.79 Å². The van der Waals surface area contributed by atoms with E-state index in [9.17, 15) is 4.79 Å². The van der Waals surface area contributed by atoms with Crippen LogP contribution in [0.5, 0.6) is 17.2 Å². The molecule has 0 saturated heterocycles. The SMILES string of the molecule is CCOc1cc(/C=C(/C#N)C(N)=S)ccc1OCC(=O)Nc1ccccc1OC. The predicted molar refractivity (Wildman–Crippen MR) is 115 cm³/mol. The van der Waals surface area contributed by atoms with Gasteiger partial charge in [-0.1, -0.05) is 30.4 Å². The Kier molecular flexibility index (Phi) is 8.00. The number of nitriles is 1. The number of thiocarbonyl (C=S) groups is 1. The number of anilines is 1. The van der Waals surface area contributed by atoms with Gasteiger partial charge < -0.3 is 25.3 Å². The molecule has 2 rings (SSSR count). The lowest BCUT2D eigenvalue weighted by Crippen LogP contribution is -2.20. The molecule has 0 atom stereocenters. The Bertz CT molecular complexity index is 967. The molecular weight excluding hydrogens is 390 g/mol. The summed E-state index contributed by atoms with van der Waals surface area (Å²) in [6.45, 7) is 2.01. The molecule has 2 aromatic carbocycles. The minimum absolute atomic E-state index is 0.0128. The zero-order chi connectivity index (χ0) is 21.2. The molecule has 0 aromatic heterocycles. The van der Waals surface area contributed by atoms with Crippen molar-refractivity contribution in [1.82, 2.24) is 0 Å². The van der Waals surface area contributed by atoms with E-state index in [4.69, 9.17) is 37.4 Å². The fourth-order valence-corrected chi connectivity index (χ4v) is 2.51. The smallest absolute Gasteiger partial charge is 0.262 e. The molecule has 150 valence electrons. The van der Waals surface area contributed by atoms with Crippen molar-refractivity contribution < 1.29 is 19.0 Å². The first-order valence-electron chi connectivity index (χ1n) is 8.72. The Labute approximate surface area is 174 Å². The molecule has 3 N–H and O–H groups in total. The number of hydrogen-bond donors (Lipinski definition) is 2. The number of carbonyl (C=O) groups is 1. The van der Waals surface area contributed by atoms with Crippen molar-refractivity contribution in [1.29, 1.82) is 5.26 Å². The van der Waals surface area contributed by atoms with E-state index in [1.807, 2.05) is 19.1 Å². The van der Waals surface area contributed by atoms with Gasteiger partial charge in [0, 0.05) is 0 Å². The summed E-state index contributed by atoms with van der Waals surface area (Å²) in [7, 11) is 1.53. The van der Waals surface area contributed by atoms with Gasteiger partial charge >= 0.3 is 0 Å². The van der Waals surface area contributed by atoms with Gasteiger partial charge in [0.05, 0.1) is 25.0 Å². The van der Waals surface area contributed by atoms with E-state index in [-0.39, 0.29) is 23.1 Å². The number of nitrogens with zero attached hydrogens (tertiary/aromatic N) is 1. The fourth-order valence-electron chi connectivity index (χ4n) is 2.40. The minimum atomic E-state index is -0.346. The third kappa shape index (κ3) is 6.23. The van der Waals surface area contributed by atoms with Crippen LogP contribution in [0.15, 0.2) is 48.0 Å². The Morgan fingerprint density at radius 2 is 1.97 bits per heavy atom. The van der Waals surface area contributed by atoms with Crippen LogP contribution < -0.4 is 25.3 Å². The molecule has 0 heterocycles. The molecule has 0 aliphatic heterocycles. The summed E-state index contributed by atoms with van der Waals surface area (Å²) in [6, 6.07) is 14.1. The first kappa shape index (κ1) is 21.7. The maximum atomic E-state index is 12.2. The second kappa shape index (κ2) is 10.7. The van der Waals surface area contributed by atoms with E-state index in [1.165, 1.54) is 7.11 Å². The van der Waals surface area contributed by atoms with Gasteiger partial charge in [-0.05, 0) is 42.8 Å². The molecule has 0 aliphatic carbocycles. The summed E-state index contributed by atoms with van der Waals surface area (Å²) in [6.07, 6.45) is 1.56. The summed E-state index contributed by atoms with van der Waals surface area (Å²) >= 11 is 4.84. The maximum absolute atomic E-state index is 12.2. The van der Waals surface area contributed by atoms with Gasteiger partial charge in [0.25, 0.3) is 5.91 Å². The van der Waals surface area contributed by atoms with Gasteiger partial charge in [0.15, 0.2) is 18.1 Å². The Balaban J connectivity index is 2.12. The summed E-state index contributed by atoms with van der Waals surface area (Å²) < 4.78 is 16.4. The monoisotopic (exact) mass is 411 g/mol. The third-order valence-electron chi connectivity index (χ3n) is 3.70. The van der Waals surface area contributed by atoms with E-state index in [0.29, 0.717) is 35.1 Å². The Morgan fingerprint density at radius 1 is 1.21 bits per heavy atom. The topological polar surface area (TPSA) is 107 Å². The van der Waals surface area contributed by atoms with Crippen molar-refractivity contribution in [3.05, 3.63) is 53.6 Å². The summed E-state index contributed by atoms with van der Waals surface area (Å²) in [5.41, 5.74) is 6.93. The van der Waals surface area contributed by atoms with Crippen LogP contribution in [0.4, 0.5) is 5.69 Å². The van der Waals surface area contributed by atoms with Gasteiger partial charge in [0.1, 0.15) is 16.8 Å². The lowest BCUT2D eigenvalue weighted by atomic mass is 10.1. The molecule has 7 nitrogen and oxygen atoms in total. The van der Waals surface area contributed by atoms with Crippen LogP contribution in [0.3, 0.4) is 0 Å². The Morgan fingerprint density at radius 3 is 2.62 bits per heavy atom. The average Bonchev–Trinajstić information content (AvgIpc) is 2.71. The normalized spacial score (nSPS) is 10.6. The molecule has 29 heavy (non-hydrogen) atoms. The van der Waals surface area contributed by atoms with E-state index in [1.54, 1.807) is 42.5 Å². The van der Waals surface area contributed by atoms with Crippen LogP contribution in [0.2, 0.25) is 0 Å². The molecule has 0 fully saturated rings. The van der Waals surface area contributed by atoms with E-state index in [2.05, 4.69) is 5.32 Å². The molecule has 8 heteroatoms. The predicted octanol–water partition coefficient (Wildman–Crippen LogP) is 3.30. The lowest BCUT2D eigenvalue weighted by Gasteiger charge is -2.13. The second-order valence-corrected chi connectivity index (χ2v) is 6.15. The van der Waals surface area contributed by atoms with Gasteiger partial charge in [-0.25, -0.2) is 0 Å². The number of para-hydroxylation sites is 2. The number of carbonyl (C=O) groups excluding carboxylic acids is 1. The molecule has 0 spiro atoms. The van der Waals surface area contributed by atoms with Crippen LogP contribution in [-0.2, 0) is 4.79 Å². The zero-order valence-electron chi connectivity index (χ0n) is 16.1. The summed E-state index contributed by atoms with van der Waals surface area (Å²) in [5.74, 6) is 1.04. The fraction of sp³-hybridized carbons (Fsp3) is 0.190. The number of rotatable bonds is 9. The third-order valence-corrected chi connectivity index (χ3v) is 3.92. The van der Waals surface area contributed by atoms with Crippen molar-refractivity contribution in [2.24, 2.45) is 5.73 Å². The minimum Gasteiger partial charge on any atom is -0.495 e. The lowest BCUT2D eigenvalue weighted by molar-refractivity contribution is -0.118. The molecule has 0 aliphatic rings. The van der Waals surface area contributed by atoms with E-state index in [0.717, 1.165) is 0 Å². The molecule has 0 bridgehead atoms. The highest BCUT2D eigenvalue weighted by Gasteiger charge is 2.11. The number of ether oxygens (including phenoxy) is 3. The highest BCUT2D eigenvalue weighted by molar-refractivity contribution is 7.80. The van der Waals surface area contributed by atoms with Crippen LogP contribution in [0.25, 0.3) is 6.08 Å². The first-order chi connectivity index (χ1) is 14.0. The van der Waals surface area contributed by atoms with Crippen molar-refractivity contribution in [2.75, 3.05) is 25.6 Å². The number of methoxy groups -OCH3 is 1. The summed E-state index contributed by atoms with van der Waals surface area (Å²) in [4.78, 5) is 12.3. The molecule has 0 saturated carbocycles. The standard InChI is InChI=1S/C21H21N3O4S/c1-3-27-19-11-14(10-15(12-22)21(23)29)8-9-18(19)28-13-20(25)24-16-6-4-5-7-17(16)26-2/h4-11H,3,13H2,1-2H3,(H2,23,29)(H,24,25)/b15-10-. The number of nitrogens with two attached hydrogens (primary N) is 1. The molecule has 1 amide bonds. The number of amides is 1. The molecular formula is C21H21N3O4S. The average molecular weight is 411 g/mol. The molecule has 2 aromatic rings. The number of hydrogen-bond acceptors (Lipinski definition) is 6. The molecule has 0 unspecified atom stereocenters. The summed E-state index contributed by atoms with van der Waals surface area (Å²) in [5, 5.41) is 11.8. The van der Waals surface area contributed by atoms with E-state index < -0.39 is 0 Å². The highest BCUT2D eigenvalue weighted by Crippen LogP contribution is 2.30. The van der Waals surface area contributed by atoms with Crippen LogP contribution in [0.1, 0.15) is 12.5 Å². The first-order valence-corrected chi connectivity index (χ1v) is 9.13. The van der Waals surface area contributed by atoms with Crippen molar-refractivity contribution >= 4 is 34.9 Å². The highest BCUT2D eigenvalue weighted by atomic mass is 32.1. The van der Waals surface area contributed by atoms with Crippen LogP contribution in [0, 0.1) is 11.3 Å². The molecule has 0 radical (unpaired) electrons. The van der Waals surface area contributed by atoms with Crippen LogP contribution >= 0.6 is 12.2 Å². The van der Waals surface area contributed by atoms with Crippen molar-refractivity contribution in [3.63, 3.8) is 0 Å². The number of nitrogens with one attached hydrogen (secondary N) is 1. The van der Waals surface area contributed by atoms with Crippen LogP contribution in [-0.4, -0.2) is 31.2 Å².